The maximum absolute atomic E-state index is 10.3. The van der Waals surface area contributed by atoms with E-state index in [1.165, 1.54) is 6.92 Å². The minimum absolute atomic E-state index is 0.320. The molecule has 0 saturated heterocycles. The van der Waals surface area contributed by atoms with E-state index in [2.05, 4.69) is 10.7 Å². The van der Waals surface area contributed by atoms with E-state index in [9.17, 15) is 4.79 Å². The average molecular weight is 126 g/mol. The SMILES string of the molecule is C#CC(CC)OC(C)=O. The van der Waals surface area contributed by atoms with Crippen molar-refractivity contribution in [1.82, 2.24) is 0 Å². The molecule has 0 aliphatic heterocycles. The van der Waals surface area contributed by atoms with E-state index in [1.807, 2.05) is 6.92 Å². The number of carbonyl (C=O) groups is 1. The van der Waals surface area contributed by atoms with Crippen LogP contribution in [0, 0.1) is 12.3 Å². The summed E-state index contributed by atoms with van der Waals surface area (Å²) in [6.07, 6.45) is 5.34. The molecular formula is C7H10O2. The van der Waals surface area contributed by atoms with Gasteiger partial charge >= 0.3 is 5.97 Å². The van der Waals surface area contributed by atoms with Gasteiger partial charge in [-0.2, -0.15) is 0 Å². The highest BCUT2D eigenvalue weighted by molar-refractivity contribution is 5.66. The number of esters is 1. The summed E-state index contributed by atoms with van der Waals surface area (Å²) in [6.45, 7) is 3.22. The van der Waals surface area contributed by atoms with Crippen LogP contribution in [0.2, 0.25) is 0 Å². The summed E-state index contributed by atoms with van der Waals surface area (Å²) in [4.78, 5) is 10.3. The fourth-order valence-corrected chi connectivity index (χ4v) is 0.436. The van der Waals surface area contributed by atoms with Crippen molar-refractivity contribution >= 4 is 5.97 Å². The first-order chi connectivity index (χ1) is 4.20. The second-order valence-electron chi connectivity index (χ2n) is 1.67. The van der Waals surface area contributed by atoms with E-state index in [4.69, 9.17) is 6.42 Å². The van der Waals surface area contributed by atoms with Crippen LogP contribution in [-0.2, 0) is 9.53 Å². The largest absolute Gasteiger partial charge is 0.449 e. The van der Waals surface area contributed by atoms with Crippen LogP contribution < -0.4 is 0 Å². The lowest BCUT2D eigenvalue weighted by atomic mass is 10.3. The molecule has 1 atom stereocenters. The van der Waals surface area contributed by atoms with Gasteiger partial charge in [-0.15, -0.1) is 6.42 Å². The fraction of sp³-hybridized carbons (Fsp3) is 0.571. The Kier molecular flexibility index (Phi) is 3.54. The molecule has 2 nitrogen and oxygen atoms in total. The zero-order chi connectivity index (χ0) is 7.28. The van der Waals surface area contributed by atoms with E-state index in [1.54, 1.807) is 0 Å². The second kappa shape index (κ2) is 3.96. The molecule has 0 bridgehead atoms. The van der Waals surface area contributed by atoms with Crippen molar-refractivity contribution < 1.29 is 9.53 Å². The lowest BCUT2D eigenvalue weighted by Crippen LogP contribution is -2.12. The van der Waals surface area contributed by atoms with E-state index < -0.39 is 0 Å². The molecule has 0 aromatic heterocycles. The smallest absolute Gasteiger partial charge is 0.303 e. The standard InChI is InChI=1S/C7H10O2/c1-4-7(5-2)9-6(3)8/h1,7H,5H2,2-3H3. The molecule has 0 rings (SSSR count). The lowest BCUT2D eigenvalue weighted by molar-refractivity contribution is -0.143. The van der Waals surface area contributed by atoms with Crippen molar-refractivity contribution in [3.8, 4) is 12.3 Å². The Morgan fingerprint density at radius 1 is 1.89 bits per heavy atom. The third-order valence-electron chi connectivity index (χ3n) is 0.865. The second-order valence-corrected chi connectivity index (χ2v) is 1.67. The van der Waals surface area contributed by atoms with Gasteiger partial charge in [0.1, 0.15) is 0 Å². The predicted octanol–water partition coefficient (Wildman–Crippen LogP) is 0.961. The van der Waals surface area contributed by atoms with Crippen LogP contribution in [0.25, 0.3) is 0 Å². The molecule has 9 heavy (non-hydrogen) atoms. The minimum atomic E-state index is -0.345. The molecule has 0 radical (unpaired) electrons. The molecule has 0 aromatic rings. The van der Waals surface area contributed by atoms with E-state index in [-0.39, 0.29) is 12.1 Å². The highest BCUT2D eigenvalue weighted by Crippen LogP contribution is 1.94. The Bertz CT molecular complexity index is 132. The number of carbonyl (C=O) groups excluding carboxylic acids is 1. The topological polar surface area (TPSA) is 26.3 Å². The molecule has 0 aliphatic carbocycles. The van der Waals surface area contributed by atoms with Crippen LogP contribution in [0.3, 0.4) is 0 Å². The van der Waals surface area contributed by atoms with E-state index in [0.717, 1.165) is 0 Å². The maximum Gasteiger partial charge on any atom is 0.303 e. The van der Waals surface area contributed by atoms with E-state index >= 15 is 0 Å². The van der Waals surface area contributed by atoms with Crippen molar-refractivity contribution in [3.05, 3.63) is 0 Å². The average Bonchev–Trinajstić information content (AvgIpc) is 1.82. The Labute approximate surface area is 55.2 Å². The monoisotopic (exact) mass is 126 g/mol. The van der Waals surface area contributed by atoms with Crippen molar-refractivity contribution in [1.29, 1.82) is 0 Å². The zero-order valence-electron chi connectivity index (χ0n) is 5.68. The van der Waals surface area contributed by atoms with Crippen molar-refractivity contribution in [2.45, 2.75) is 26.4 Å². The first kappa shape index (κ1) is 8.03. The molecule has 0 spiro atoms. The maximum atomic E-state index is 10.3. The Hall–Kier alpha value is -0.970. The van der Waals surface area contributed by atoms with Crippen LogP contribution in [0.15, 0.2) is 0 Å². The molecule has 2 heteroatoms. The van der Waals surface area contributed by atoms with Gasteiger partial charge < -0.3 is 4.74 Å². The molecule has 1 unspecified atom stereocenters. The highest BCUT2D eigenvalue weighted by atomic mass is 16.5. The molecule has 0 aliphatic rings. The van der Waals surface area contributed by atoms with Crippen LogP contribution in [0.4, 0.5) is 0 Å². The third kappa shape index (κ3) is 3.60. The van der Waals surface area contributed by atoms with Crippen molar-refractivity contribution in [3.63, 3.8) is 0 Å². The predicted molar refractivity (Wildman–Crippen MR) is 34.7 cm³/mol. The number of hydrogen-bond donors (Lipinski definition) is 0. The fourth-order valence-electron chi connectivity index (χ4n) is 0.436. The lowest BCUT2D eigenvalue weighted by Gasteiger charge is -2.05. The molecule has 50 valence electrons. The molecular weight excluding hydrogens is 116 g/mol. The number of hydrogen-bond acceptors (Lipinski definition) is 2. The van der Waals surface area contributed by atoms with Crippen LogP contribution in [0.1, 0.15) is 20.3 Å². The molecule has 0 N–H and O–H groups in total. The minimum Gasteiger partial charge on any atom is -0.449 e. The Balaban J connectivity index is 3.60. The van der Waals surface area contributed by atoms with Crippen molar-refractivity contribution in [2.75, 3.05) is 0 Å². The summed E-state index contributed by atoms with van der Waals surface area (Å²) < 4.78 is 4.67. The zero-order valence-corrected chi connectivity index (χ0v) is 5.68. The molecule has 0 heterocycles. The summed E-state index contributed by atoms with van der Waals surface area (Å²) in [5.74, 6) is 2.02. The van der Waals surface area contributed by atoms with Gasteiger partial charge in [0.15, 0.2) is 6.10 Å². The number of ether oxygens (including phenoxy) is 1. The van der Waals surface area contributed by atoms with E-state index in [0.29, 0.717) is 6.42 Å². The Morgan fingerprint density at radius 2 is 2.44 bits per heavy atom. The van der Waals surface area contributed by atoms with Crippen molar-refractivity contribution in [2.24, 2.45) is 0 Å². The first-order valence-corrected chi connectivity index (χ1v) is 2.84. The van der Waals surface area contributed by atoms with Gasteiger partial charge in [0.05, 0.1) is 0 Å². The molecule has 0 aromatic carbocycles. The normalized spacial score (nSPS) is 11.7. The number of terminal acetylenes is 1. The van der Waals surface area contributed by atoms with Gasteiger partial charge in [-0.3, -0.25) is 4.79 Å². The van der Waals surface area contributed by atoms with Crippen LogP contribution >= 0.6 is 0 Å². The first-order valence-electron chi connectivity index (χ1n) is 2.84. The van der Waals surface area contributed by atoms with Gasteiger partial charge in [-0.05, 0) is 6.42 Å². The van der Waals surface area contributed by atoms with Gasteiger partial charge in [-0.25, -0.2) is 0 Å². The summed E-state index contributed by atoms with van der Waals surface area (Å²) >= 11 is 0. The van der Waals surface area contributed by atoms with Gasteiger partial charge in [0.2, 0.25) is 0 Å². The summed E-state index contributed by atoms with van der Waals surface area (Å²) in [5.41, 5.74) is 0. The summed E-state index contributed by atoms with van der Waals surface area (Å²) in [5, 5.41) is 0. The van der Waals surface area contributed by atoms with Crippen LogP contribution in [0.5, 0.6) is 0 Å². The van der Waals surface area contributed by atoms with Gasteiger partial charge in [0, 0.05) is 6.92 Å². The molecule has 0 saturated carbocycles. The quantitative estimate of drug-likeness (QED) is 0.407. The molecule has 0 fully saturated rings. The summed E-state index contributed by atoms with van der Waals surface area (Å²) in [7, 11) is 0. The van der Waals surface area contributed by atoms with Gasteiger partial charge in [-0.1, -0.05) is 12.8 Å². The molecule has 0 amide bonds. The number of rotatable bonds is 2. The van der Waals surface area contributed by atoms with Gasteiger partial charge in [0.25, 0.3) is 0 Å². The third-order valence-corrected chi connectivity index (χ3v) is 0.865. The Morgan fingerprint density at radius 3 is 2.56 bits per heavy atom. The summed E-state index contributed by atoms with van der Waals surface area (Å²) in [6, 6.07) is 0. The van der Waals surface area contributed by atoms with Crippen LogP contribution in [-0.4, -0.2) is 12.1 Å². The highest BCUT2D eigenvalue weighted by Gasteiger charge is 2.02.